The molecule has 1 aliphatic rings. The third kappa shape index (κ3) is 3.99. The normalized spacial score (nSPS) is 17.2. The lowest BCUT2D eigenvalue weighted by atomic mass is 10.2. The van der Waals surface area contributed by atoms with Crippen LogP contribution in [0.3, 0.4) is 0 Å². The van der Waals surface area contributed by atoms with Crippen molar-refractivity contribution in [1.82, 2.24) is 24.2 Å². The van der Waals surface area contributed by atoms with Gasteiger partial charge in [0.1, 0.15) is 17.7 Å². The van der Waals surface area contributed by atoms with E-state index in [1.807, 2.05) is 29.8 Å². The lowest BCUT2D eigenvalue weighted by molar-refractivity contribution is -0.124. The Bertz CT molecular complexity index is 1140. The van der Waals surface area contributed by atoms with Crippen molar-refractivity contribution in [2.75, 3.05) is 6.54 Å². The van der Waals surface area contributed by atoms with Crippen LogP contribution in [-0.2, 0) is 21.4 Å². The standard InChI is InChI=1S/C21H23N5O3S/c1-16-22-11-13-25(16)20-14-17(9-10-23-20)15-24-21(27)19-8-5-12-26(19)30(28,29)18-6-3-2-4-7-18/h2-4,6-7,9-11,13-14,19H,5,8,12,15H2,1H3,(H,24,27)/t19-/m0/s1. The van der Waals surface area contributed by atoms with Crippen LogP contribution in [0.1, 0.15) is 24.2 Å². The maximum Gasteiger partial charge on any atom is 0.243 e. The molecular weight excluding hydrogens is 402 g/mol. The van der Waals surface area contributed by atoms with Gasteiger partial charge in [-0.25, -0.2) is 18.4 Å². The monoisotopic (exact) mass is 425 g/mol. The topological polar surface area (TPSA) is 97.2 Å². The van der Waals surface area contributed by atoms with Crippen molar-refractivity contribution >= 4 is 15.9 Å². The number of rotatable bonds is 6. The Hall–Kier alpha value is -3.04. The highest BCUT2D eigenvalue weighted by atomic mass is 32.2. The molecule has 0 radical (unpaired) electrons. The largest absolute Gasteiger partial charge is 0.351 e. The molecule has 3 heterocycles. The lowest BCUT2D eigenvalue weighted by Gasteiger charge is -2.23. The van der Waals surface area contributed by atoms with Crippen molar-refractivity contribution < 1.29 is 13.2 Å². The number of amides is 1. The smallest absolute Gasteiger partial charge is 0.243 e. The zero-order chi connectivity index (χ0) is 21.1. The molecule has 0 spiro atoms. The number of carbonyl (C=O) groups excluding carboxylic acids is 1. The molecule has 0 bridgehead atoms. The van der Waals surface area contributed by atoms with Gasteiger partial charge in [-0.05, 0) is 49.6 Å². The van der Waals surface area contributed by atoms with Crippen LogP contribution in [0.2, 0.25) is 0 Å². The number of aryl methyl sites for hydroxylation is 1. The molecule has 1 fully saturated rings. The summed E-state index contributed by atoms with van der Waals surface area (Å²) in [5.41, 5.74) is 0.872. The van der Waals surface area contributed by atoms with Crippen LogP contribution in [0.15, 0.2) is 66.0 Å². The van der Waals surface area contributed by atoms with E-state index in [-0.39, 0.29) is 17.3 Å². The van der Waals surface area contributed by atoms with Gasteiger partial charge in [0.15, 0.2) is 0 Å². The summed E-state index contributed by atoms with van der Waals surface area (Å²) >= 11 is 0. The molecule has 30 heavy (non-hydrogen) atoms. The summed E-state index contributed by atoms with van der Waals surface area (Å²) in [5, 5.41) is 2.88. The van der Waals surface area contributed by atoms with Crippen molar-refractivity contribution in [3.05, 3.63) is 72.4 Å². The zero-order valence-corrected chi connectivity index (χ0v) is 17.4. The molecule has 3 aromatic rings. The first-order valence-electron chi connectivity index (χ1n) is 9.77. The number of hydrogen-bond donors (Lipinski definition) is 1. The lowest BCUT2D eigenvalue weighted by Crippen LogP contribution is -2.45. The highest BCUT2D eigenvalue weighted by molar-refractivity contribution is 7.89. The Labute approximate surface area is 175 Å². The molecule has 1 aliphatic heterocycles. The molecule has 1 amide bonds. The molecule has 0 saturated carbocycles. The summed E-state index contributed by atoms with van der Waals surface area (Å²) in [4.78, 5) is 21.6. The Balaban J connectivity index is 1.46. The molecule has 4 rings (SSSR count). The van der Waals surface area contributed by atoms with E-state index >= 15 is 0 Å². The first kappa shape index (κ1) is 20.2. The number of imidazole rings is 1. The molecule has 1 aromatic carbocycles. The van der Waals surface area contributed by atoms with Crippen molar-refractivity contribution in [2.45, 2.75) is 37.2 Å². The Morgan fingerprint density at radius 1 is 1.17 bits per heavy atom. The maximum atomic E-state index is 13.0. The van der Waals surface area contributed by atoms with Crippen LogP contribution in [0.5, 0.6) is 0 Å². The Morgan fingerprint density at radius 3 is 2.70 bits per heavy atom. The van der Waals surface area contributed by atoms with Gasteiger partial charge in [0, 0.05) is 31.7 Å². The molecule has 156 valence electrons. The van der Waals surface area contributed by atoms with Gasteiger partial charge in [0.2, 0.25) is 15.9 Å². The number of carbonyl (C=O) groups is 1. The molecule has 0 unspecified atom stereocenters. The van der Waals surface area contributed by atoms with E-state index in [2.05, 4.69) is 15.3 Å². The maximum absolute atomic E-state index is 13.0. The molecule has 1 saturated heterocycles. The number of hydrogen-bond acceptors (Lipinski definition) is 5. The van der Waals surface area contributed by atoms with Crippen LogP contribution in [0.4, 0.5) is 0 Å². The third-order valence-electron chi connectivity index (χ3n) is 5.21. The second-order valence-electron chi connectivity index (χ2n) is 7.17. The summed E-state index contributed by atoms with van der Waals surface area (Å²) < 4.78 is 29.1. The summed E-state index contributed by atoms with van der Waals surface area (Å²) in [6, 6.07) is 11.2. The Morgan fingerprint density at radius 2 is 1.97 bits per heavy atom. The van der Waals surface area contributed by atoms with E-state index in [9.17, 15) is 13.2 Å². The SMILES string of the molecule is Cc1nccn1-c1cc(CNC(=O)[C@@H]2CCCN2S(=O)(=O)c2ccccc2)ccn1. The van der Waals surface area contributed by atoms with Gasteiger partial charge >= 0.3 is 0 Å². The molecule has 1 N–H and O–H groups in total. The van der Waals surface area contributed by atoms with Crippen molar-refractivity contribution in [3.8, 4) is 5.82 Å². The zero-order valence-electron chi connectivity index (χ0n) is 16.6. The van der Waals surface area contributed by atoms with Gasteiger partial charge in [0.25, 0.3) is 0 Å². The van der Waals surface area contributed by atoms with E-state index in [1.54, 1.807) is 42.7 Å². The fourth-order valence-electron chi connectivity index (χ4n) is 3.65. The van der Waals surface area contributed by atoms with Gasteiger partial charge in [-0.15, -0.1) is 0 Å². The number of aromatic nitrogens is 3. The van der Waals surface area contributed by atoms with Crippen molar-refractivity contribution in [2.24, 2.45) is 0 Å². The molecule has 0 aliphatic carbocycles. The predicted molar refractivity (Wildman–Crippen MR) is 111 cm³/mol. The minimum atomic E-state index is -3.70. The first-order valence-corrected chi connectivity index (χ1v) is 11.2. The summed E-state index contributed by atoms with van der Waals surface area (Å²) in [6.07, 6.45) is 6.37. The quantitative estimate of drug-likeness (QED) is 0.652. The van der Waals surface area contributed by atoms with Crippen LogP contribution in [0.25, 0.3) is 5.82 Å². The fourth-order valence-corrected chi connectivity index (χ4v) is 5.32. The number of nitrogens with zero attached hydrogens (tertiary/aromatic N) is 4. The van der Waals surface area contributed by atoms with E-state index in [0.29, 0.717) is 25.2 Å². The van der Waals surface area contributed by atoms with Crippen LogP contribution >= 0.6 is 0 Å². The van der Waals surface area contributed by atoms with Gasteiger partial charge < -0.3 is 5.32 Å². The summed E-state index contributed by atoms with van der Waals surface area (Å²) in [7, 11) is -3.70. The average Bonchev–Trinajstić information content (AvgIpc) is 3.42. The first-order chi connectivity index (χ1) is 14.5. The average molecular weight is 426 g/mol. The highest BCUT2D eigenvalue weighted by Crippen LogP contribution is 2.26. The van der Waals surface area contributed by atoms with E-state index in [4.69, 9.17) is 0 Å². The third-order valence-corrected chi connectivity index (χ3v) is 7.13. The summed E-state index contributed by atoms with van der Waals surface area (Å²) in [6.45, 7) is 2.52. The Kier molecular flexibility index (Phi) is 5.65. The fraction of sp³-hybridized carbons (Fsp3) is 0.286. The molecular formula is C21H23N5O3S. The van der Waals surface area contributed by atoms with Crippen LogP contribution < -0.4 is 5.32 Å². The second-order valence-corrected chi connectivity index (χ2v) is 9.06. The van der Waals surface area contributed by atoms with Crippen LogP contribution in [-0.4, -0.2) is 45.8 Å². The summed E-state index contributed by atoms with van der Waals surface area (Å²) in [5.74, 6) is 1.24. The number of sulfonamides is 1. The minimum absolute atomic E-state index is 0.208. The van der Waals surface area contributed by atoms with Crippen molar-refractivity contribution in [3.63, 3.8) is 0 Å². The van der Waals surface area contributed by atoms with Gasteiger partial charge in [-0.2, -0.15) is 4.31 Å². The second kappa shape index (κ2) is 8.37. The van der Waals surface area contributed by atoms with Crippen LogP contribution in [0, 0.1) is 6.92 Å². The minimum Gasteiger partial charge on any atom is -0.351 e. The molecule has 2 aromatic heterocycles. The molecule has 1 atom stereocenters. The van der Waals surface area contributed by atoms with Gasteiger partial charge in [-0.1, -0.05) is 18.2 Å². The number of nitrogens with one attached hydrogen (secondary N) is 1. The van der Waals surface area contributed by atoms with Gasteiger partial charge in [-0.3, -0.25) is 9.36 Å². The van der Waals surface area contributed by atoms with Gasteiger partial charge in [0.05, 0.1) is 4.90 Å². The van der Waals surface area contributed by atoms with E-state index in [1.165, 1.54) is 4.31 Å². The van der Waals surface area contributed by atoms with Crippen molar-refractivity contribution in [1.29, 1.82) is 0 Å². The predicted octanol–water partition coefficient (Wildman–Crippen LogP) is 2.05. The number of benzene rings is 1. The van der Waals surface area contributed by atoms with E-state index in [0.717, 1.165) is 11.4 Å². The molecule has 9 heteroatoms. The molecule has 8 nitrogen and oxygen atoms in total. The van der Waals surface area contributed by atoms with E-state index < -0.39 is 16.1 Å². The highest BCUT2D eigenvalue weighted by Gasteiger charge is 2.39. The number of pyridine rings is 1.